The van der Waals surface area contributed by atoms with Gasteiger partial charge in [0, 0.05) is 91.5 Å². The quantitative estimate of drug-likeness (QED) is 0.0920. The van der Waals surface area contributed by atoms with Crippen LogP contribution in [0.4, 0.5) is 11.4 Å². The zero-order valence-corrected chi connectivity index (χ0v) is 32.0. The minimum Gasteiger partial charge on any atom is -1.00 e. The largest absolute Gasteiger partial charge is 1.00 e. The molecule has 5 N–H and O–H groups in total. The molecule has 5 rings (SSSR count). The van der Waals surface area contributed by atoms with E-state index in [4.69, 9.17) is 17.0 Å². The van der Waals surface area contributed by atoms with Crippen molar-refractivity contribution in [3.05, 3.63) is 94.8 Å². The SMILES string of the molecule is CCN(CC)c1ccc2c(c1)OC1=CC([NH+](CC)CC)C=CC1=C2c1ccc(NC(=S)NCCCNC(=O)CCN2C(=O)C=CC2=O)cc1C(=O)O.[Cl-]. The maximum Gasteiger partial charge on any atom is 0.336 e. The van der Waals surface area contributed by atoms with Crippen molar-refractivity contribution in [2.75, 3.05) is 56.0 Å². The molecule has 282 valence electrons. The van der Waals surface area contributed by atoms with Crippen LogP contribution in [-0.4, -0.2) is 90.7 Å². The molecule has 2 heterocycles. The molecule has 12 nitrogen and oxygen atoms in total. The second-order valence-corrected chi connectivity index (χ2v) is 13.0. The first-order valence-electron chi connectivity index (χ1n) is 17.9. The van der Waals surface area contributed by atoms with Gasteiger partial charge in [-0.15, -0.1) is 0 Å². The second-order valence-electron chi connectivity index (χ2n) is 12.6. The third-order valence-corrected chi connectivity index (χ3v) is 9.75. The van der Waals surface area contributed by atoms with Crippen LogP contribution in [0.15, 0.2) is 78.1 Å². The van der Waals surface area contributed by atoms with Crippen LogP contribution in [0.25, 0.3) is 5.57 Å². The van der Waals surface area contributed by atoms with Crippen LogP contribution in [0.1, 0.15) is 62.0 Å². The first kappa shape index (κ1) is 40.8. The summed E-state index contributed by atoms with van der Waals surface area (Å²) in [6, 6.07) is 11.5. The highest BCUT2D eigenvalue weighted by atomic mass is 35.5. The molecule has 1 atom stereocenters. The molecule has 3 amide bonds. The van der Waals surface area contributed by atoms with Gasteiger partial charge in [-0.1, -0.05) is 6.07 Å². The van der Waals surface area contributed by atoms with E-state index in [1.165, 1.54) is 17.1 Å². The van der Waals surface area contributed by atoms with E-state index >= 15 is 0 Å². The lowest BCUT2D eigenvalue weighted by molar-refractivity contribution is -0.908. The fourth-order valence-electron chi connectivity index (χ4n) is 6.67. The number of benzene rings is 2. The molecule has 1 aliphatic carbocycles. The molecule has 0 fully saturated rings. The van der Waals surface area contributed by atoms with Crippen LogP contribution in [-0.2, 0) is 14.4 Å². The number of amides is 3. The summed E-state index contributed by atoms with van der Waals surface area (Å²) < 4.78 is 6.60. The molecule has 14 heteroatoms. The Hall–Kier alpha value is -4.98. The third-order valence-electron chi connectivity index (χ3n) is 9.50. The van der Waals surface area contributed by atoms with Gasteiger partial charge >= 0.3 is 5.97 Å². The van der Waals surface area contributed by atoms with Crippen molar-refractivity contribution < 1.29 is 46.3 Å². The predicted octanol–water partition coefficient (Wildman–Crippen LogP) is 0.284. The number of anilines is 2. The number of quaternary nitrogens is 1. The number of ether oxygens (including phenoxy) is 1. The van der Waals surface area contributed by atoms with E-state index in [0.717, 1.165) is 59.2 Å². The summed E-state index contributed by atoms with van der Waals surface area (Å²) in [5.74, 6) is -0.756. The molecule has 0 saturated heterocycles. The second kappa shape index (κ2) is 18.7. The average Bonchev–Trinajstić information content (AvgIpc) is 3.46. The van der Waals surface area contributed by atoms with Crippen LogP contribution in [0.2, 0.25) is 0 Å². The molecule has 2 aliphatic heterocycles. The molecule has 0 saturated carbocycles. The van der Waals surface area contributed by atoms with E-state index in [1.807, 2.05) is 24.3 Å². The Morgan fingerprint density at radius 3 is 2.28 bits per heavy atom. The van der Waals surface area contributed by atoms with E-state index in [1.54, 1.807) is 6.07 Å². The monoisotopic (exact) mass is 762 g/mol. The van der Waals surface area contributed by atoms with Crippen LogP contribution in [0.5, 0.6) is 5.75 Å². The first-order valence-corrected chi connectivity index (χ1v) is 18.3. The Bertz CT molecular complexity index is 1850. The van der Waals surface area contributed by atoms with Gasteiger partial charge in [0.2, 0.25) is 5.91 Å². The standard InChI is InChI=1S/C39H46N6O6S.ClH/c1-5-43(6-2)26-11-14-29-32(23-26)51-33-24-27(44(7-3)8-4)12-15-30(33)37(29)28-13-10-25(22-31(28)38(49)50)42-39(52)41-20-9-19-40-34(46)18-21-45-35(47)16-17-36(45)48;/h10-17,22-24,26H,5-9,18-21H2,1-4H3,(H,40,46)(H,49,50)(H2,41,42,52);1H. The fraction of sp³-hybridized carbons (Fsp3) is 0.359. The number of thiocarbonyl (C=S) groups is 1. The first-order chi connectivity index (χ1) is 25.1. The van der Waals surface area contributed by atoms with Gasteiger partial charge in [0.05, 0.1) is 18.7 Å². The smallest absolute Gasteiger partial charge is 0.336 e. The number of fused-ring (bicyclic) bond motifs is 2. The highest BCUT2D eigenvalue weighted by Crippen LogP contribution is 2.45. The molecular formula is C39H47ClN6O6S. The summed E-state index contributed by atoms with van der Waals surface area (Å²) >= 11 is 5.48. The van der Waals surface area contributed by atoms with Crippen molar-refractivity contribution in [2.45, 2.75) is 46.6 Å². The lowest BCUT2D eigenvalue weighted by Crippen LogP contribution is -3.14. The summed E-state index contributed by atoms with van der Waals surface area (Å²) in [4.78, 5) is 52.9. The van der Waals surface area contributed by atoms with E-state index in [9.17, 15) is 24.3 Å². The zero-order chi connectivity index (χ0) is 37.4. The summed E-state index contributed by atoms with van der Waals surface area (Å²) in [5, 5.41) is 19.7. The fourth-order valence-corrected chi connectivity index (χ4v) is 6.89. The van der Waals surface area contributed by atoms with Gasteiger partial charge in [-0.3, -0.25) is 19.3 Å². The Balaban J connectivity index is 0.00000627. The normalized spacial score (nSPS) is 15.7. The molecule has 1 unspecified atom stereocenters. The number of aromatic carboxylic acids is 1. The van der Waals surface area contributed by atoms with Gasteiger partial charge in [-0.05, 0) is 88.3 Å². The Labute approximate surface area is 322 Å². The Morgan fingerprint density at radius 2 is 1.62 bits per heavy atom. The number of carboxylic acids is 1. The van der Waals surface area contributed by atoms with Crippen LogP contribution in [0, 0.1) is 0 Å². The summed E-state index contributed by atoms with van der Waals surface area (Å²) in [6.45, 7) is 13.0. The molecule has 53 heavy (non-hydrogen) atoms. The summed E-state index contributed by atoms with van der Waals surface area (Å²) in [6.07, 6.45) is 9.34. The highest BCUT2D eigenvalue weighted by Gasteiger charge is 2.32. The number of allylic oxidation sites excluding steroid dienone is 1. The van der Waals surface area contributed by atoms with E-state index < -0.39 is 17.8 Å². The van der Waals surface area contributed by atoms with Gasteiger partial charge in [0.25, 0.3) is 11.8 Å². The number of hydrogen-bond acceptors (Lipinski definition) is 7. The van der Waals surface area contributed by atoms with Gasteiger partial charge in [-0.2, -0.15) is 0 Å². The minimum atomic E-state index is -1.07. The highest BCUT2D eigenvalue weighted by molar-refractivity contribution is 7.80. The van der Waals surface area contributed by atoms with Crippen molar-refractivity contribution in [3.8, 4) is 5.75 Å². The van der Waals surface area contributed by atoms with Crippen molar-refractivity contribution in [2.24, 2.45) is 0 Å². The maximum absolute atomic E-state index is 12.8. The number of nitrogens with one attached hydrogen (secondary N) is 4. The van der Waals surface area contributed by atoms with Crippen LogP contribution < -0.4 is 42.9 Å². The number of halogens is 1. The minimum absolute atomic E-state index is 0. The van der Waals surface area contributed by atoms with E-state index in [-0.39, 0.29) is 42.9 Å². The van der Waals surface area contributed by atoms with Crippen molar-refractivity contribution >= 4 is 58.0 Å². The number of rotatable bonds is 16. The molecule has 0 spiro atoms. The predicted molar refractivity (Wildman–Crippen MR) is 205 cm³/mol. The zero-order valence-electron chi connectivity index (χ0n) is 30.5. The molecule has 0 radical (unpaired) electrons. The topological polar surface area (TPSA) is 145 Å². The third kappa shape index (κ3) is 9.53. The molecule has 0 aromatic heterocycles. The van der Waals surface area contributed by atoms with Crippen LogP contribution in [0.3, 0.4) is 0 Å². The molecule has 0 bridgehead atoms. The molecule has 2 aromatic rings. The molecular weight excluding hydrogens is 716 g/mol. The summed E-state index contributed by atoms with van der Waals surface area (Å²) in [5.41, 5.74) is 4.71. The molecule has 3 aliphatic rings. The van der Waals surface area contributed by atoms with Gasteiger partial charge < -0.3 is 48.0 Å². The maximum atomic E-state index is 12.8. The number of imide groups is 1. The Kier molecular flexibility index (Phi) is 14.4. The van der Waals surface area contributed by atoms with E-state index in [0.29, 0.717) is 41.6 Å². The number of hydrogen-bond donors (Lipinski definition) is 5. The lowest BCUT2D eigenvalue weighted by Gasteiger charge is -2.31. The summed E-state index contributed by atoms with van der Waals surface area (Å²) in [7, 11) is 0. The van der Waals surface area contributed by atoms with Crippen molar-refractivity contribution in [1.82, 2.24) is 15.5 Å². The van der Waals surface area contributed by atoms with E-state index in [2.05, 4.69) is 72.8 Å². The number of carbonyl (C=O) groups excluding carboxylic acids is 3. The lowest BCUT2D eigenvalue weighted by atomic mass is 9.84. The Morgan fingerprint density at radius 1 is 0.943 bits per heavy atom. The molecule has 2 aromatic carbocycles. The number of nitrogens with zero attached hydrogens (tertiary/aromatic N) is 2. The number of carboxylic acid groups (broad SMARTS) is 1. The average molecular weight is 763 g/mol. The van der Waals surface area contributed by atoms with Gasteiger partial charge in [0.15, 0.2) is 5.11 Å². The number of likely N-dealkylation sites (N-methyl/N-ethyl adjacent to an activating group) is 1. The van der Waals surface area contributed by atoms with Crippen LogP contribution >= 0.6 is 12.2 Å². The van der Waals surface area contributed by atoms with Crippen molar-refractivity contribution in [3.63, 3.8) is 0 Å². The number of carbonyl (C=O) groups is 4. The van der Waals surface area contributed by atoms with Crippen molar-refractivity contribution in [1.29, 1.82) is 0 Å². The van der Waals surface area contributed by atoms with Gasteiger partial charge in [0.1, 0.15) is 17.6 Å². The van der Waals surface area contributed by atoms with Gasteiger partial charge in [-0.25, -0.2) is 4.79 Å².